The van der Waals surface area contributed by atoms with E-state index in [1.807, 2.05) is 53.7 Å². The lowest BCUT2D eigenvalue weighted by Gasteiger charge is -2.29. The number of carbonyl (C=O) groups excluding carboxylic acids is 2. The summed E-state index contributed by atoms with van der Waals surface area (Å²) in [5.74, 6) is 0.112. The quantitative estimate of drug-likeness (QED) is 0.204. The van der Waals surface area contributed by atoms with Gasteiger partial charge in [0.25, 0.3) is 0 Å². The predicted octanol–water partition coefficient (Wildman–Crippen LogP) is 5.63. The maximum atomic E-state index is 13.3. The number of carbonyl (C=O) groups is 2. The summed E-state index contributed by atoms with van der Waals surface area (Å²) in [5.41, 5.74) is 1.34. The highest BCUT2D eigenvalue weighted by Crippen LogP contribution is 2.26. The normalized spacial score (nSPS) is 11.6. The molecule has 1 aromatic heterocycles. The largest absolute Gasteiger partial charge is 0.444 e. The van der Waals surface area contributed by atoms with Crippen molar-refractivity contribution < 1.29 is 14.3 Å². The van der Waals surface area contributed by atoms with Gasteiger partial charge in [-0.25, -0.2) is 9.48 Å². The molecule has 0 saturated heterocycles. The van der Waals surface area contributed by atoms with Crippen molar-refractivity contribution in [2.24, 2.45) is 0 Å². The molecule has 1 amide bonds. The number of anilines is 1. The van der Waals surface area contributed by atoms with Crippen LogP contribution in [0.25, 0.3) is 5.69 Å². The summed E-state index contributed by atoms with van der Waals surface area (Å²) >= 11 is 6.08. The third-order valence-corrected chi connectivity index (χ3v) is 6.08. The Kier molecular flexibility index (Phi) is 9.96. The molecule has 0 aliphatic rings. The van der Waals surface area contributed by atoms with Gasteiger partial charge in [0, 0.05) is 23.7 Å². The molecule has 10 heteroatoms. The zero-order valence-corrected chi connectivity index (χ0v) is 24.6. The highest BCUT2D eigenvalue weighted by atomic mass is 35.5. The maximum absolute atomic E-state index is 13.3. The Labute approximate surface area is 240 Å². The molecule has 0 radical (unpaired) electrons. The van der Waals surface area contributed by atoms with Gasteiger partial charge in [0.1, 0.15) is 23.1 Å². The van der Waals surface area contributed by atoms with Crippen molar-refractivity contribution in [1.29, 1.82) is 5.26 Å². The Morgan fingerprint density at radius 3 is 2.27 bits per heavy atom. The smallest absolute Gasteiger partial charge is 0.408 e. The van der Waals surface area contributed by atoms with E-state index in [9.17, 15) is 14.9 Å². The Morgan fingerprint density at radius 2 is 1.68 bits per heavy atom. The third kappa shape index (κ3) is 8.57. The van der Waals surface area contributed by atoms with Gasteiger partial charge in [-0.05, 0) is 78.8 Å². The first-order valence-electron chi connectivity index (χ1n) is 13.2. The number of nitrogens with one attached hydrogen (secondary N) is 3. The summed E-state index contributed by atoms with van der Waals surface area (Å²) < 4.78 is 6.91. The molecule has 1 heterocycles. The first kappa shape index (κ1) is 30.7. The van der Waals surface area contributed by atoms with Gasteiger partial charge in [-0.15, -0.1) is 0 Å². The number of amides is 1. The lowest BCUT2D eigenvalue weighted by Crippen LogP contribution is -2.51. The molecule has 2 aromatic carbocycles. The average molecular weight is 565 g/mol. The highest BCUT2D eigenvalue weighted by Gasteiger charge is 2.26. The number of nitriles is 1. The second-order valence-corrected chi connectivity index (χ2v) is 11.7. The summed E-state index contributed by atoms with van der Waals surface area (Å²) in [5, 5.41) is 24.7. The first-order chi connectivity index (χ1) is 18.8. The molecule has 0 spiro atoms. The Hall–Kier alpha value is -3.87. The standard InChI is InChI=1S/C30H37ClN6O3/c1-20-8-10-21(11-9-20)26(38)25-24(18-32)27(37(36-25)23-14-12-22(31)13-15-23)34-17-7-16-33-19-30(5,6)35-28(39)40-29(2,3)4/h8-15,33-34H,7,16-17,19H2,1-6H3,(H,35,39). The fourth-order valence-corrected chi connectivity index (χ4v) is 4.03. The summed E-state index contributed by atoms with van der Waals surface area (Å²) in [7, 11) is 0. The van der Waals surface area contributed by atoms with Crippen LogP contribution in [0.15, 0.2) is 48.5 Å². The zero-order chi connectivity index (χ0) is 29.5. The Balaban J connectivity index is 1.70. The first-order valence-corrected chi connectivity index (χ1v) is 13.5. The minimum atomic E-state index is -0.565. The number of ketones is 1. The molecule has 0 saturated carbocycles. The lowest BCUT2D eigenvalue weighted by molar-refractivity contribution is 0.0472. The molecular formula is C30H37ClN6O3. The van der Waals surface area contributed by atoms with E-state index in [-0.39, 0.29) is 17.0 Å². The number of benzene rings is 2. The van der Waals surface area contributed by atoms with Crippen molar-refractivity contribution in [2.45, 2.75) is 59.1 Å². The van der Waals surface area contributed by atoms with Crippen LogP contribution in [0.1, 0.15) is 68.2 Å². The van der Waals surface area contributed by atoms with Gasteiger partial charge in [-0.3, -0.25) is 4.79 Å². The molecule has 212 valence electrons. The van der Waals surface area contributed by atoms with Crippen molar-refractivity contribution in [3.63, 3.8) is 0 Å². The van der Waals surface area contributed by atoms with Crippen molar-refractivity contribution in [1.82, 2.24) is 20.4 Å². The third-order valence-electron chi connectivity index (χ3n) is 5.83. The molecule has 0 fully saturated rings. The fourth-order valence-electron chi connectivity index (χ4n) is 3.90. The molecular weight excluding hydrogens is 528 g/mol. The number of alkyl carbamates (subject to hydrolysis) is 1. The van der Waals surface area contributed by atoms with Crippen molar-refractivity contribution in [2.75, 3.05) is 25.0 Å². The number of halogens is 1. The molecule has 9 nitrogen and oxygen atoms in total. The van der Waals surface area contributed by atoms with E-state index in [2.05, 4.69) is 27.1 Å². The molecule has 3 aromatic rings. The van der Waals surface area contributed by atoms with Crippen LogP contribution in [-0.4, -0.2) is 52.4 Å². The topological polar surface area (TPSA) is 121 Å². The zero-order valence-electron chi connectivity index (χ0n) is 23.9. The van der Waals surface area contributed by atoms with Crippen LogP contribution < -0.4 is 16.0 Å². The molecule has 3 rings (SSSR count). The molecule has 0 unspecified atom stereocenters. The molecule has 0 aliphatic carbocycles. The predicted molar refractivity (Wildman–Crippen MR) is 157 cm³/mol. The van der Waals surface area contributed by atoms with Crippen LogP contribution in [0.4, 0.5) is 10.6 Å². The van der Waals surface area contributed by atoms with Crippen LogP contribution >= 0.6 is 11.6 Å². The number of hydrogen-bond donors (Lipinski definition) is 3. The van der Waals surface area contributed by atoms with E-state index < -0.39 is 17.2 Å². The molecule has 40 heavy (non-hydrogen) atoms. The van der Waals surface area contributed by atoms with Gasteiger partial charge in [-0.2, -0.15) is 10.4 Å². The van der Waals surface area contributed by atoms with Gasteiger partial charge in [0.2, 0.25) is 5.78 Å². The van der Waals surface area contributed by atoms with Crippen LogP contribution in [0.5, 0.6) is 0 Å². The van der Waals surface area contributed by atoms with Crippen molar-refractivity contribution in [3.05, 3.63) is 75.9 Å². The van der Waals surface area contributed by atoms with Gasteiger partial charge in [0.05, 0.1) is 11.2 Å². The van der Waals surface area contributed by atoms with Gasteiger partial charge in [-0.1, -0.05) is 41.4 Å². The average Bonchev–Trinajstić information content (AvgIpc) is 3.23. The highest BCUT2D eigenvalue weighted by molar-refractivity contribution is 6.30. The number of aromatic nitrogens is 2. The monoisotopic (exact) mass is 564 g/mol. The summed E-state index contributed by atoms with van der Waals surface area (Å²) in [6.07, 6.45) is 0.247. The fraction of sp³-hybridized carbons (Fsp3) is 0.400. The number of ether oxygens (including phenoxy) is 1. The van der Waals surface area contributed by atoms with Crippen molar-refractivity contribution in [3.8, 4) is 11.8 Å². The van der Waals surface area contributed by atoms with Crippen LogP contribution in [0.2, 0.25) is 5.02 Å². The van der Waals surface area contributed by atoms with E-state index in [4.69, 9.17) is 16.3 Å². The Bertz CT molecular complexity index is 1370. The molecule has 3 N–H and O–H groups in total. The van der Waals surface area contributed by atoms with E-state index >= 15 is 0 Å². The number of rotatable bonds is 11. The summed E-state index contributed by atoms with van der Waals surface area (Å²) in [6, 6.07) is 16.4. The van der Waals surface area contributed by atoms with Crippen LogP contribution in [-0.2, 0) is 4.74 Å². The second kappa shape index (κ2) is 13.0. The number of hydrogen-bond acceptors (Lipinski definition) is 7. The van der Waals surface area contributed by atoms with E-state index in [0.717, 1.165) is 5.56 Å². The SMILES string of the molecule is Cc1ccc(C(=O)c2nn(-c3ccc(Cl)cc3)c(NCCCNCC(C)(C)NC(=O)OC(C)(C)C)c2C#N)cc1. The molecule has 0 bridgehead atoms. The van der Waals surface area contributed by atoms with Gasteiger partial charge in [0.15, 0.2) is 5.69 Å². The Morgan fingerprint density at radius 1 is 1.02 bits per heavy atom. The van der Waals surface area contributed by atoms with E-state index in [1.54, 1.807) is 41.1 Å². The van der Waals surface area contributed by atoms with E-state index in [0.29, 0.717) is 48.1 Å². The minimum Gasteiger partial charge on any atom is -0.444 e. The number of nitrogens with zero attached hydrogens (tertiary/aromatic N) is 3. The summed E-state index contributed by atoms with van der Waals surface area (Å²) in [6.45, 7) is 12.9. The number of aryl methyl sites for hydroxylation is 1. The maximum Gasteiger partial charge on any atom is 0.408 e. The van der Waals surface area contributed by atoms with Crippen molar-refractivity contribution >= 4 is 29.3 Å². The van der Waals surface area contributed by atoms with Crippen LogP contribution in [0, 0.1) is 18.3 Å². The van der Waals surface area contributed by atoms with Crippen LogP contribution in [0.3, 0.4) is 0 Å². The lowest BCUT2D eigenvalue weighted by atomic mass is 10.0. The second-order valence-electron chi connectivity index (χ2n) is 11.2. The minimum absolute atomic E-state index is 0.0805. The van der Waals surface area contributed by atoms with E-state index in [1.165, 1.54) is 0 Å². The molecule has 0 aliphatic heterocycles. The molecule has 0 atom stereocenters. The summed E-state index contributed by atoms with van der Waals surface area (Å²) in [4.78, 5) is 25.4. The van der Waals surface area contributed by atoms with Gasteiger partial charge < -0.3 is 20.7 Å². The van der Waals surface area contributed by atoms with Gasteiger partial charge >= 0.3 is 6.09 Å².